The molecule has 1 N–H and O–H groups in total. The van der Waals surface area contributed by atoms with Crippen LogP contribution in [0.4, 0.5) is 17.1 Å². The van der Waals surface area contributed by atoms with Crippen molar-refractivity contribution in [2.45, 2.75) is 0 Å². The van der Waals surface area contributed by atoms with Gasteiger partial charge in [-0.05, 0) is 42.5 Å². The molecule has 1 amide bonds. The van der Waals surface area contributed by atoms with Gasteiger partial charge in [0.25, 0.3) is 5.69 Å². The number of halogens is 1. The van der Waals surface area contributed by atoms with Crippen molar-refractivity contribution < 1.29 is 18.9 Å². The molecule has 0 atom stereocenters. The zero-order valence-electron chi connectivity index (χ0n) is 17.0. The van der Waals surface area contributed by atoms with E-state index in [4.69, 9.17) is 20.8 Å². The van der Waals surface area contributed by atoms with Crippen molar-refractivity contribution in [1.82, 2.24) is 0 Å². The third kappa shape index (κ3) is 4.99. The smallest absolute Gasteiger partial charge is 0.280 e. The lowest BCUT2D eigenvalue weighted by atomic mass is 10.1. The Balaban J connectivity index is 1.49. The SMILES string of the molecule is O=C(C=Cc1ccc(-c2ccccc2[N+](=O)[O-])o1)Nc1cc(Cl)ccc1N1CCOCC1. The maximum Gasteiger partial charge on any atom is 0.280 e. The first-order valence-corrected chi connectivity index (χ1v) is 10.3. The third-order valence-electron chi connectivity index (χ3n) is 4.96. The van der Waals surface area contributed by atoms with Crippen LogP contribution in [0.3, 0.4) is 0 Å². The van der Waals surface area contributed by atoms with E-state index in [0.717, 1.165) is 18.8 Å². The largest absolute Gasteiger partial charge is 0.456 e. The van der Waals surface area contributed by atoms with Gasteiger partial charge in [0.05, 0.1) is 35.1 Å². The number of nitro groups is 1. The Morgan fingerprint density at radius 1 is 1.12 bits per heavy atom. The number of anilines is 2. The number of nitro benzene ring substituents is 1. The summed E-state index contributed by atoms with van der Waals surface area (Å²) in [6, 6.07) is 15.0. The highest BCUT2D eigenvalue weighted by Gasteiger charge is 2.18. The normalized spacial score (nSPS) is 14.0. The lowest BCUT2D eigenvalue weighted by Gasteiger charge is -2.30. The topological polar surface area (TPSA) is 97.8 Å². The second kappa shape index (κ2) is 9.67. The molecule has 0 saturated carbocycles. The number of amides is 1. The molecule has 164 valence electrons. The van der Waals surface area contributed by atoms with Gasteiger partial charge in [-0.15, -0.1) is 0 Å². The number of morpholine rings is 1. The van der Waals surface area contributed by atoms with Gasteiger partial charge in [-0.2, -0.15) is 0 Å². The van der Waals surface area contributed by atoms with E-state index in [-0.39, 0.29) is 11.6 Å². The number of carbonyl (C=O) groups is 1. The number of ether oxygens (including phenoxy) is 1. The standard InChI is InChI=1S/C23H20ClN3O5/c24-16-5-8-21(26-11-13-31-14-12-26)19(15-16)25-23(28)10-7-17-6-9-22(32-17)18-3-1-2-4-20(18)27(29)30/h1-10,15H,11-14H2,(H,25,28). The molecule has 0 unspecified atom stereocenters. The lowest BCUT2D eigenvalue weighted by molar-refractivity contribution is -0.384. The summed E-state index contributed by atoms with van der Waals surface area (Å²) in [5.41, 5.74) is 1.80. The summed E-state index contributed by atoms with van der Waals surface area (Å²) in [4.78, 5) is 25.4. The number of benzene rings is 2. The molecule has 2 heterocycles. The molecule has 1 fully saturated rings. The van der Waals surface area contributed by atoms with Gasteiger partial charge in [0.2, 0.25) is 5.91 Å². The monoisotopic (exact) mass is 453 g/mol. The van der Waals surface area contributed by atoms with Crippen LogP contribution in [0.5, 0.6) is 0 Å². The van der Waals surface area contributed by atoms with E-state index < -0.39 is 4.92 Å². The van der Waals surface area contributed by atoms with Crippen molar-refractivity contribution in [3.63, 3.8) is 0 Å². The third-order valence-corrected chi connectivity index (χ3v) is 5.20. The van der Waals surface area contributed by atoms with Crippen molar-refractivity contribution in [3.8, 4) is 11.3 Å². The second-order valence-corrected chi connectivity index (χ2v) is 7.50. The molecule has 1 aromatic heterocycles. The Morgan fingerprint density at radius 3 is 2.69 bits per heavy atom. The Hall–Kier alpha value is -3.62. The van der Waals surface area contributed by atoms with Crippen LogP contribution in [0, 0.1) is 10.1 Å². The summed E-state index contributed by atoms with van der Waals surface area (Å²) in [5, 5.41) is 14.6. The number of furan rings is 1. The van der Waals surface area contributed by atoms with Crippen LogP contribution in [0.15, 0.2) is 65.1 Å². The molecule has 3 aromatic rings. The minimum absolute atomic E-state index is 0.0493. The summed E-state index contributed by atoms with van der Waals surface area (Å²) in [6.07, 6.45) is 2.85. The maximum atomic E-state index is 12.5. The van der Waals surface area contributed by atoms with E-state index in [2.05, 4.69) is 10.2 Å². The second-order valence-electron chi connectivity index (χ2n) is 7.06. The maximum absolute atomic E-state index is 12.5. The minimum Gasteiger partial charge on any atom is -0.456 e. The van der Waals surface area contributed by atoms with Gasteiger partial charge in [-0.1, -0.05) is 23.7 Å². The van der Waals surface area contributed by atoms with Crippen LogP contribution in [-0.2, 0) is 9.53 Å². The molecular weight excluding hydrogens is 434 g/mol. The molecule has 8 nitrogen and oxygen atoms in total. The number of rotatable bonds is 6. The fourth-order valence-corrected chi connectivity index (χ4v) is 3.62. The van der Waals surface area contributed by atoms with Gasteiger partial charge in [0.1, 0.15) is 11.5 Å². The van der Waals surface area contributed by atoms with Crippen LogP contribution < -0.4 is 10.2 Å². The number of para-hydroxylation sites is 1. The molecule has 1 saturated heterocycles. The zero-order valence-corrected chi connectivity index (χ0v) is 17.7. The van der Waals surface area contributed by atoms with Crippen LogP contribution in [0.25, 0.3) is 17.4 Å². The van der Waals surface area contributed by atoms with Crippen LogP contribution in [-0.4, -0.2) is 37.1 Å². The zero-order chi connectivity index (χ0) is 22.5. The van der Waals surface area contributed by atoms with Gasteiger partial charge in [0.15, 0.2) is 0 Å². The fraction of sp³-hybridized carbons (Fsp3) is 0.174. The van der Waals surface area contributed by atoms with Crippen LogP contribution in [0.2, 0.25) is 5.02 Å². The number of nitrogens with one attached hydrogen (secondary N) is 1. The molecule has 4 rings (SSSR count). The summed E-state index contributed by atoms with van der Waals surface area (Å²) >= 11 is 6.13. The predicted octanol–water partition coefficient (Wildman–Crippen LogP) is 5.00. The molecule has 1 aliphatic heterocycles. The molecule has 2 aromatic carbocycles. The summed E-state index contributed by atoms with van der Waals surface area (Å²) in [5.74, 6) is 0.389. The van der Waals surface area contributed by atoms with Gasteiger partial charge in [-0.25, -0.2) is 0 Å². The highest BCUT2D eigenvalue weighted by Crippen LogP contribution is 2.32. The minimum atomic E-state index is -0.460. The highest BCUT2D eigenvalue weighted by molar-refractivity contribution is 6.31. The first-order chi connectivity index (χ1) is 15.5. The molecule has 0 aliphatic carbocycles. The molecule has 0 spiro atoms. The van der Waals surface area contributed by atoms with Crippen molar-refractivity contribution in [1.29, 1.82) is 0 Å². The Labute approximate surface area is 189 Å². The Bertz CT molecular complexity index is 1170. The fourth-order valence-electron chi connectivity index (χ4n) is 3.45. The van der Waals surface area contributed by atoms with E-state index in [0.29, 0.717) is 41.0 Å². The number of nitrogens with zero attached hydrogens (tertiary/aromatic N) is 2. The van der Waals surface area contributed by atoms with E-state index >= 15 is 0 Å². The van der Waals surface area contributed by atoms with Gasteiger partial charge < -0.3 is 19.4 Å². The van der Waals surface area contributed by atoms with Crippen LogP contribution >= 0.6 is 11.6 Å². The average molecular weight is 454 g/mol. The van der Waals surface area contributed by atoms with E-state index in [1.807, 2.05) is 6.07 Å². The molecule has 32 heavy (non-hydrogen) atoms. The van der Waals surface area contributed by atoms with E-state index in [1.54, 1.807) is 42.5 Å². The van der Waals surface area contributed by atoms with Crippen molar-refractivity contribution in [2.24, 2.45) is 0 Å². The lowest BCUT2D eigenvalue weighted by Crippen LogP contribution is -2.36. The number of hydrogen-bond donors (Lipinski definition) is 1. The first-order valence-electron chi connectivity index (χ1n) is 9.96. The van der Waals surface area contributed by atoms with Crippen molar-refractivity contribution in [3.05, 3.63) is 81.6 Å². The summed E-state index contributed by atoms with van der Waals surface area (Å²) in [6.45, 7) is 2.69. The van der Waals surface area contributed by atoms with Gasteiger partial charge in [0, 0.05) is 30.3 Å². The number of hydrogen-bond acceptors (Lipinski definition) is 6. The number of carbonyl (C=O) groups excluding carboxylic acids is 1. The van der Waals surface area contributed by atoms with Gasteiger partial charge >= 0.3 is 0 Å². The molecule has 9 heteroatoms. The Kier molecular flexibility index (Phi) is 6.53. The van der Waals surface area contributed by atoms with Crippen molar-refractivity contribution >= 4 is 40.6 Å². The van der Waals surface area contributed by atoms with Gasteiger partial charge in [-0.3, -0.25) is 14.9 Å². The highest BCUT2D eigenvalue weighted by atomic mass is 35.5. The summed E-state index contributed by atoms with van der Waals surface area (Å²) in [7, 11) is 0. The Morgan fingerprint density at radius 2 is 1.91 bits per heavy atom. The molecule has 0 bridgehead atoms. The molecular formula is C23H20ClN3O5. The summed E-state index contributed by atoms with van der Waals surface area (Å²) < 4.78 is 11.1. The predicted molar refractivity (Wildman–Crippen MR) is 123 cm³/mol. The van der Waals surface area contributed by atoms with Crippen LogP contribution in [0.1, 0.15) is 5.76 Å². The average Bonchev–Trinajstić information content (AvgIpc) is 3.27. The van der Waals surface area contributed by atoms with Crippen molar-refractivity contribution in [2.75, 3.05) is 36.5 Å². The first kappa shape index (κ1) is 21.6. The molecule has 1 aliphatic rings. The molecule has 0 radical (unpaired) electrons. The van der Waals surface area contributed by atoms with E-state index in [9.17, 15) is 14.9 Å². The quantitative estimate of drug-likeness (QED) is 0.320. The van der Waals surface area contributed by atoms with E-state index in [1.165, 1.54) is 18.2 Å².